The Morgan fingerprint density at radius 2 is 2.00 bits per heavy atom. The molecule has 6 nitrogen and oxygen atoms in total. The van der Waals surface area contributed by atoms with Gasteiger partial charge in [0.05, 0.1) is 25.9 Å². The van der Waals surface area contributed by atoms with Crippen LogP contribution in [0.25, 0.3) is 0 Å². The van der Waals surface area contributed by atoms with E-state index in [2.05, 4.69) is 18.3 Å². The van der Waals surface area contributed by atoms with Gasteiger partial charge in [-0.05, 0) is 37.7 Å². The zero-order chi connectivity index (χ0) is 20.8. The molecule has 0 saturated carbocycles. The number of nitrogens with one attached hydrogen (secondary N) is 1. The first-order valence-corrected chi connectivity index (χ1v) is 10.5. The van der Waals surface area contributed by atoms with Gasteiger partial charge >= 0.3 is 0 Å². The average Bonchev–Trinajstić information content (AvgIpc) is 2.86. The van der Waals surface area contributed by atoms with Gasteiger partial charge in [-0.25, -0.2) is 0 Å². The zero-order valence-corrected chi connectivity index (χ0v) is 17.9. The third kappa shape index (κ3) is 5.74. The molecule has 1 aliphatic heterocycles. The van der Waals surface area contributed by atoms with Crippen molar-refractivity contribution in [2.45, 2.75) is 23.5 Å². The van der Waals surface area contributed by atoms with Gasteiger partial charge in [-0.1, -0.05) is 25.1 Å². The third-order valence-electron chi connectivity index (χ3n) is 4.72. The first-order valence-electron chi connectivity index (χ1n) is 9.64. The van der Waals surface area contributed by atoms with E-state index in [1.807, 2.05) is 35.2 Å². The van der Waals surface area contributed by atoms with E-state index >= 15 is 0 Å². The topological polar surface area (TPSA) is 61.9 Å². The normalized spacial score (nSPS) is 16.1. The highest BCUT2D eigenvalue weighted by Gasteiger charge is 2.25. The molecule has 0 radical (unpaired) electrons. The molecule has 1 N–H and O–H groups in total. The summed E-state index contributed by atoms with van der Waals surface area (Å²) in [6, 6.07) is 15.2. The maximum Gasteiger partial charge on any atom is 0.241 e. The lowest BCUT2D eigenvalue weighted by Crippen LogP contribution is -2.42. The summed E-state index contributed by atoms with van der Waals surface area (Å²) >= 11 is 1.81. The summed E-state index contributed by atoms with van der Waals surface area (Å²) in [5.74, 6) is 0.510. The van der Waals surface area contributed by atoms with Crippen molar-refractivity contribution in [2.75, 3.05) is 44.0 Å². The number of amides is 2. The van der Waals surface area contributed by atoms with E-state index in [9.17, 15) is 9.59 Å². The second kappa shape index (κ2) is 9.80. The van der Waals surface area contributed by atoms with E-state index in [-0.39, 0.29) is 24.9 Å². The van der Waals surface area contributed by atoms with Gasteiger partial charge < -0.3 is 15.0 Å². The Kier molecular flexibility index (Phi) is 7.17. The fourth-order valence-electron chi connectivity index (χ4n) is 3.26. The lowest BCUT2D eigenvalue weighted by molar-refractivity contribution is -0.121. The van der Waals surface area contributed by atoms with Crippen LogP contribution in [-0.4, -0.2) is 55.8 Å². The summed E-state index contributed by atoms with van der Waals surface area (Å²) in [6.45, 7) is 3.18. The van der Waals surface area contributed by atoms with Crippen LogP contribution in [0, 0.1) is 0 Å². The number of likely N-dealkylation sites (N-methyl/N-ethyl adjacent to an activating group) is 1. The SMILES string of the molecule is COc1cccc(NC(=O)CN(C)CC(=O)N2CC[C@H](C)Sc3ccccc32)c1. The lowest BCUT2D eigenvalue weighted by atomic mass is 10.2. The van der Waals surface area contributed by atoms with Crippen molar-refractivity contribution in [3.8, 4) is 5.75 Å². The monoisotopic (exact) mass is 413 g/mol. The molecule has 1 heterocycles. The molecule has 0 bridgehead atoms. The van der Waals surface area contributed by atoms with Gasteiger partial charge in [-0.15, -0.1) is 11.8 Å². The van der Waals surface area contributed by atoms with Crippen molar-refractivity contribution >= 4 is 35.0 Å². The molecule has 154 valence electrons. The Bertz CT molecular complexity index is 874. The number of fused-ring (bicyclic) bond motifs is 1. The number of thioether (sulfide) groups is 1. The lowest BCUT2D eigenvalue weighted by Gasteiger charge is -2.25. The number of hydrogen-bond acceptors (Lipinski definition) is 5. The molecule has 2 aromatic rings. The highest BCUT2D eigenvalue weighted by atomic mass is 32.2. The Balaban J connectivity index is 1.59. The van der Waals surface area contributed by atoms with Gasteiger partial charge in [0, 0.05) is 28.4 Å². The molecule has 0 fully saturated rings. The first kappa shape index (κ1) is 21.2. The van der Waals surface area contributed by atoms with E-state index in [4.69, 9.17) is 4.74 Å². The maximum absolute atomic E-state index is 13.0. The number of para-hydroxylation sites is 1. The maximum atomic E-state index is 13.0. The van der Waals surface area contributed by atoms with Crippen LogP contribution >= 0.6 is 11.8 Å². The molecule has 0 unspecified atom stereocenters. The van der Waals surface area contributed by atoms with Crippen LogP contribution < -0.4 is 15.0 Å². The number of anilines is 2. The minimum absolute atomic E-state index is 0.00355. The number of benzene rings is 2. The molecule has 2 aromatic carbocycles. The quantitative estimate of drug-likeness (QED) is 0.786. The molecule has 0 aliphatic carbocycles. The zero-order valence-electron chi connectivity index (χ0n) is 17.1. The van der Waals surface area contributed by atoms with Crippen LogP contribution in [0.15, 0.2) is 53.4 Å². The molecule has 1 atom stereocenters. The Morgan fingerprint density at radius 3 is 2.79 bits per heavy atom. The summed E-state index contributed by atoms with van der Waals surface area (Å²) in [6.07, 6.45) is 0.936. The molecule has 2 amide bonds. The van der Waals surface area contributed by atoms with Crippen LogP contribution in [-0.2, 0) is 9.59 Å². The molecule has 3 rings (SSSR count). The molecule has 0 aromatic heterocycles. The summed E-state index contributed by atoms with van der Waals surface area (Å²) in [4.78, 5) is 30.1. The smallest absolute Gasteiger partial charge is 0.241 e. The second-order valence-electron chi connectivity index (χ2n) is 7.18. The van der Waals surface area contributed by atoms with Crippen LogP contribution in [0.3, 0.4) is 0 Å². The van der Waals surface area contributed by atoms with Crippen LogP contribution in [0.2, 0.25) is 0 Å². The highest BCUT2D eigenvalue weighted by molar-refractivity contribution is 8.00. The van der Waals surface area contributed by atoms with Crippen molar-refractivity contribution < 1.29 is 14.3 Å². The van der Waals surface area contributed by atoms with Crippen molar-refractivity contribution in [3.63, 3.8) is 0 Å². The number of hydrogen-bond donors (Lipinski definition) is 1. The van der Waals surface area contributed by atoms with Crippen LogP contribution in [0.5, 0.6) is 5.75 Å². The summed E-state index contributed by atoms with van der Waals surface area (Å²) in [5.41, 5.74) is 1.63. The van der Waals surface area contributed by atoms with E-state index in [0.29, 0.717) is 23.2 Å². The number of nitrogens with zero attached hydrogens (tertiary/aromatic N) is 2. The number of carbonyl (C=O) groups excluding carboxylic acids is 2. The predicted molar refractivity (Wildman–Crippen MR) is 118 cm³/mol. The molecule has 29 heavy (non-hydrogen) atoms. The van der Waals surface area contributed by atoms with Gasteiger partial charge in [0.25, 0.3) is 0 Å². The predicted octanol–water partition coefficient (Wildman–Crippen LogP) is 3.48. The van der Waals surface area contributed by atoms with Crippen LogP contribution in [0.1, 0.15) is 13.3 Å². The largest absolute Gasteiger partial charge is 0.497 e. The van der Waals surface area contributed by atoms with Crippen molar-refractivity contribution in [1.29, 1.82) is 0 Å². The minimum Gasteiger partial charge on any atom is -0.497 e. The van der Waals surface area contributed by atoms with Gasteiger partial charge in [0.2, 0.25) is 11.8 Å². The van der Waals surface area contributed by atoms with E-state index in [1.54, 1.807) is 43.0 Å². The number of carbonyl (C=O) groups is 2. The first-order chi connectivity index (χ1) is 14.0. The molecule has 0 spiro atoms. The minimum atomic E-state index is -0.172. The fraction of sp³-hybridized carbons (Fsp3) is 0.364. The molecule has 0 saturated heterocycles. The van der Waals surface area contributed by atoms with E-state index in [0.717, 1.165) is 17.0 Å². The summed E-state index contributed by atoms with van der Waals surface area (Å²) < 4.78 is 5.17. The van der Waals surface area contributed by atoms with Gasteiger partial charge in [-0.2, -0.15) is 0 Å². The fourth-order valence-corrected chi connectivity index (χ4v) is 4.38. The molecule has 7 heteroatoms. The van der Waals surface area contributed by atoms with Gasteiger partial charge in [-0.3, -0.25) is 14.5 Å². The molecular weight excluding hydrogens is 386 g/mol. The van der Waals surface area contributed by atoms with Gasteiger partial charge in [0.1, 0.15) is 5.75 Å². The summed E-state index contributed by atoms with van der Waals surface area (Å²) in [5, 5.41) is 3.30. The summed E-state index contributed by atoms with van der Waals surface area (Å²) in [7, 11) is 3.37. The Hall–Kier alpha value is -2.51. The van der Waals surface area contributed by atoms with E-state index in [1.165, 1.54) is 0 Å². The third-order valence-corrected chi connectivity index (χ3v) is 5.95. The molecular formula is C22H27N3O3S. The van der Waals surface area contributed by atoms with Crippen molar-refractivity contribution in [2.24, 2.45) is 0 Å². The van der Waals surface area contributed by atoms with Crippen LogP contribution in [0.4, 0.5) is 11.4 Å². The van der Waals surface area contributed by atoms with E-state index < -0.39 is 0 Å². The Labute approximate surface area is 176 Å². The number of methoxy groups -OCH3 is 1. The number of rotatable bonds is 6. The van der Waals surface area contributed by atoms with Gasteiger partial charge in [0.15, 0.2) is 0 Å². The highest BCUT2D eigenvalue weighted by Crippen LogP contribution is 2.37. The van der Waals surface area contributed by atoms with Crippen molar-refractivity contribution in [3.05, 3.63) is 48.5 Å². The average molecular weight is 414 g/mol. The number of ether oxygens (including phenoxy) is 1. The standard InChI is InChI=1S/C22H27N3O3S/c1-16-11-12-25(19-9-4-5-10-20(19)29-16)22(27)15-24(2)14-21(26)23-17-7-6-8-18(13-17)28-3/h4-10,13,16H,11-12,14-15H2,1-3H3,(H,23,26)/t16-/m0/s1. The molecule has 1 aliphatic rings. The second-order valence-corrected chi connectivity index (χ2v) is 8.66. The Morgan fingerprint density at radius 1 is 1.21 bits per heavy atom. The van der Waals surface area contributed by atoms with Crippen molar-refractivity contribution in [1.82, 2.24) is 4.90 Å².